The molecule has 136 valence electrons. The minimum atomic E-state index is -3.51. The zero-order chi connectivity index (χ0) is 18.7. The second-order valence-electron chi connectivity index (χ2n) is 6.01. The molecule has 26 heavy (non-hydrogen) atoms. The Morgan fingerprint density at radius 3 is 2.54 bits per heavy atom. The molecule has 4 nitrogen and oxygen atoms in total. The van der Waals surface area contributed by atoms with Gasteiger partial charge >= 0.3 is 5.92 Å². The monoisotopic (exact) mass is 361 g/mol. The Kier molecular flexibility index (Phi) is 4.88. The number of nitrogen functional groups attached to an aromatic ring is 1. The van der Waals surface area contributed by atoms with Gasteiger partial charge in [-0.1, -0.05) is 29.8 Å². The molecule has 0 radical (unpaired) electrons. The summed E-state index contributed by atoms with van der Waals surface area (Å²) >= 11 is 0. The highest BCUT2D eigenvalue weighted by molar-refractivity contribution is 5.66. The van der Waals surface area contributed by atoms with Gasteiger partial charge in [0.25, 0.3) is 0 Å². The molecule has 0 aliphatic heterocycles. The molecule has 3 aromatic rings. The second-order valence-corrected chi connectivity index (χ2v) is 6.01. The Labute approximate surface area is 149 Å². The molecule has 0 spiro atoms. The summed E-state index contributed by atoms with van der Waals surface area (Å²) in [5.74, 6) is -2.97. The van der Waals surface area contributed by atoms with E-state index in [1.165, 1.54) is 6.07 Å². The van der Waals surface area contributed by atoms with E-state index in [1.807, 2.05) is 31.2 Å². The van der Waals surface area contributed by atoms with Crippen molar-refractivity contribution in [1.82, 2.24) is 9.78 Å². The Morgan fingerprint density at radius 1 is 1.12 bits per heavy atom. The summed E-state index contributed by atoms with van der Waals surface area (Å²) in [6.07, 6.45) is 0. The zero-order valence-corrected chi connectivity index (χ0v) is 14.1. The van der Waals surface area contributed by atoms with E-state index in [0.29, 0.717) is 17.1 Å². The van der Waals surface area contributed by atoms with Gasteiger partial charge in [0.2, 0.25) is 0 Å². The van der Waals surface area contributed by atoms with E-state index >= 15 is 0 Å². The molecular formula is C19H18F3N3O. The largest absolute Gasteiger partial charge is 0.487 e. The molecule has 3 rings (SSSR count). The van der Waals surface area contributed by atoms with E-state index in [-0.39, 0.29) is 5.75 Å². The van der Waals surface area contributed by atoms with Crippen LogP contribution in [0.2, 0.25) is 0 Å². The highest BCUT2D eigenvalue weighted by Crippen LogP contribution is 2.28. The summed E-state index contributed by atoms with van der Waals surface area (Å²) in [5.41, 5.74) is 9.16. The van der Waals surface area contributed by atoms with Crippen LogP contribution in [0.15, 0.2) is 54.6 Å². The molecule has 7 heteroatoms. The summed E-state index contributed by atoms with van der Waals surface area (Å²) in [6.45, 7) is -0.800. The van der Waals surface area contributed by atoms with Gasteiger partial charge in [-0.3, -0.25) is 0 Å². The number of hydrogen-bond acceptors (Lipinski definition) is 3. The normalized spacial score (nSPS) is 11.5. The fourth-order valence-corrected chi connectivity index (χ4v) is 2.46. The lowest BCUT2D eigenvalue weighted by atomic mass is 10.1. The van der Waals surface area contributed by atoms with Gasteiger partial charge in [0.15, 0.2) is 13.3 Å². The van der Waals surface area contributed by atoms with Crippen LogP contribution in [0.1, 0.15) is 5.56 Å². The van der Waals surface area contributed by atoms with Gasteiger partial charge in [-0.2, -0.15) is 13.9 Å². The maximum Gasteiger partial charge on any atom is 0.309 e. The van der Waals surface area contributed by atoms with Crippen molar-refractivity contribution in [3.8, 4) is 22.7 Å². The van der Waals surface area contributed by atoms with Crippen molar-refractivity contribution in [1.29, 1.82) is 0 Å². The Morgan fingerprint density at radius 2 is 1.85 bits per heavy atom. The van der Waals surface area contributed by atoms with Gasteiger partial charge in [-0.25, -0.2) is 9.07 Å². The number of nitrogens with two attached hydrogens (primary N) is 1. The zero-order valence-electron chi connectivity index (χ0n) is 14.1. The van der Waals surface area contributed by atoms with Crippen LogP contribution in [-0.4, -0.2) is 29.0 Å². The first-order valence-corrected chi connectivity index (χ1v) is 7.97. The summed E-state index contributed by atoms with van der Waals surface area (Å²) < 4.78 is 45.1. The number of ether oxygens (including phenoxy) is 1. The Balaban J connectivity index is 1.92. The molecule has 0 atom stereocenters. The molecule has 0 saturated heterocycles. The maximum atomic E-state index is 13.1. The number of hydrogen-bond donors (Lipinski definition) is 1. The average molecular weight is 361 g/mol. The molecule has 2 aromatic carbocycles. The maximum absolute atomic E-state index is 13.1. The predicted octanol–water partition coefficient (Wildman–Crippen LogP) is 4.41. The van der Waals surface area contributed by atoms with Crippen LogP contribution in [0.3, 0.4) is 0 Å². The van der Waals surface area contributed by atoms with Crippen LogP contribution >= 0.6 is 0 Å². The fourth-order valence-electron chi connectivity index (χ4n) is 2.46. The number of anilines is 1. The molecule has 2 N–H and O–H groups in total. The summed E-state index contributed by atoms with van der Waals surface area (Å²) in [4.78, 5) is 0. The summed E-state index contributed by atoms with van der Waals surface area (Å²) in [7, 11) is 0. The molecule has 0 bridgehead atoms. The number of halogens is 3. The van der Waals surface area contributed by atoms with Crippen LogP contribution in [0.25, 0.3) is 16.9 Å². The minimum Gasteiger partial charge on any atom is -0.487 e. The van der Waals surface area contributed by atoms with Gasteiger partial charge < -0.3 is 10.5 Å². The molecular weight excluding hydrogens is 343 g/mol. The van der Waals surface area contributed by atoms with Gasteiger partial charge in [0.05, 0.1) is 11.4 Å². The number of rotatable bonds is 6. The predicted molar refractivity (Wildman–Crippen MR) is 94.6 cm³/mol. The minimum absolute atomic E-state index is 0.214. The lowest BCUT2D eigenvalue weighted by molar-refractivity contribution is -0.0584. The quantitative estimate of drug-likeness (QED) is 0.707. The van der Waals surface area contributed by atoms with Crippen molar-refractivity contribution in [3.05, 3.63) is 60.2 Å². The van der Waals surface area contributed by atoms with E-state index in [1.54, 1.807) is 28.9 Å². The lowest BCUT2D eigenvalue weighted by Crippen LogP contribution is -2.27. The van der Waals surface area contributed by atoms with E-state index in [0.717, 1.165) is 11.3 Å². The number of benzene rings is 2. The third kappa shape index (κ3) is 3.99. The van der Waals surface area contributed by atoms with Gasteiger partial charge in [0.1, 0.15) is 11.6 Å². The third-order valence-electron chi connectivity index (χ3n) is 3.78. The summed E-state index contributed by atoms with van der Waals surface area (Å²) in [6, 6.07) is 16.0. The standard InChI is InChI=1S/C19H18F3N3O/c1-13-5-7-15(8-6-13)25-17(10-18(23)24-25)14-3-2-4-16(9-14)26-12-19(21,22)11-20/h2-10H,11-12H2,1H3,(H2,23,24). The van der Waals surface area contributed by atoms with E-state index < -0.39 is 19.2 Å². The smallest absolute Gasteiger partial charge is 0.309 e. The molecule has 0 aliphatic rings. The number of aromatic nitrogens is 2. The van der Waals surface area contributed by atoms with Crippen molar-refractivity contribution < 1.29 is 17.9 Å². The van der Waals surface area contributed by atoms with Crippen LogP contribution in [0.5, 0.6) is 5.75 Å². The van der Waals surface area contributed by atoms with Gasteiger partial charge in [-0.05, 0) is 31.2 Å². The van der Waals surface area contributed by atoms with Crippen molar-refractivity contribution in [2.75, 3.05) is 19.0 Å². The van der Waals surface area contributed by atoms with Crippen LogP contribution < -0.4 is 10.5 Å². The van der Waals surface area contributed by atoms with Crippen molar-refractivity contribution in [2.24, 2.45) is 0 Å². The molecule has 0 saturated carbocycles. The third-order valence-corrected chi connectivity index (χ3v) is 3.78. The molecule has 0 amide bonds. The highest BCUT2D eigenvalue weighted by atomic mass is 19.3. The number of alkyl halides is 3. The van der Waals surface area contributed by atoms with Crippen LogP contribution in [0.4, 0.5) is 19.0 Å². The van der Waals surface area contributed by atoms with Crippen molar-refractivity contribution in [2.45, 2.75) is 12.8 Å². The molecule has 0 unspecified atom stereocenters. The van der Waals surface area contributed by atoms with Crippen LogP contribution in [-0.2, 0) is 0 Å². The fraction of sp³-hybridized carbons (Fsp3) is 0.211. The molecule has 0 fully saturated rings. The second kappa shape index (κ2) is 7.11. The molecule has 1 aromatic heterocycles. The van der Waals surface area contributed by atoms with Crippen molar-refractivity contribution >= 4 is 5.82 Å². The first kappa shape index (κ1) is 17.8. The molecule has 0 aliphatic carbocycles. The van der Waals surface area contributed by atoms with Crippen molar-refractivity contribution in [3.63, 3.8) is 0 Å². The Bertz CT molecular complexity index is 891. The SMILES string of the molecule is Cc1ccc(-n2nc(N)cc2-c2cccc(OCC(F)(F)CF)c2)cc1. The average Bonchev–Trinajstić information content (AvgIpc) is 3.03. The Hall–Kier alpha value is -2.96. The van der Waals surface area contributed by atoms with Gasteiger partial charge in [0, 0.05) is 11.6 Å². The van der Waals surface area contributed by atoms with Crippen LogP contribution in [0, 0.1) is 6.92 Å². The number of nitrogens with zero attached hydrogens (tertiary/aromatic N) is 2. The lowest BCUT2D eigenvalue weighted by Gasteiger charge is -2.14. The van der Waals surface area contributed by atoms with E-state index in [4.69, 9.17) is 10.5 Å². The number of aryl methyl sites for hydroxylation is 1. The highest BCUT2D eigenvalue weighted by Gasteiger charge is 2.30. The first-order valence-electron chi connectivity index (χ1n) is 7.97. The topological polar surface area (TPSA) is 53.1 Å². The molecule has 1 heterocycles. The first-order chi connectivity index (χ1) is 12.4. The summed E-state index contributed by atoms with van der Waals surface area (Å²) in [5, 5.41) is 4.30. The van der Waals surface area contributed by atoms with E-state index in [9.17, 15) is 13.2 Å². The van der Waals surface area contributed by atoms with E-state index in [2.05, 4.69) is 5.10 Å². The van der Waals surface area contributed by atoms with Gasteiger partial charge in [-0.15, -0.1) is 0 Å².